The van der Waals surface area contributed by atoms with Gasteiger partial charge in [0.25, 0.3) is 0 Å². The highest BCUT2D eigenvalue weighted by Gasteiger charge is 1.98. The minimum atomic E-state index is -0.368. The van der Waals surface area contributed by atoms with E-state index in [0.717, 1.165) is 6.42 Å². The number of carbonyl (C=O) groups excluding carboxylic acids is 1. The summed E-state index contributed by atoms with van der Waals surface area (Å²) >= 11 is 0. The largest absolute Gasteiger partial charge is 0.295 e. The Morgan fingerprint density at radius 3 is 2.00 bits per heavy atom. The minimum absolute atomic E-state index is 0.112. The highest BCUT2D eigenvalue weighted by Crippen LogP contribution is 2.16. The SMILES string of the molecule is C=C(CCC)c1ccccc1.CC.CC(=O)c1cccc(F)c1. The van der Waals surface area contributed by atoms with Crippen LogP contribution >= 0.6 is 0 Å². The standard InChI is InChI=1S/C11H14.C8H7FO.C2H6/c1-3-7-10(2)11-8-5-4-6-9-11;1-6(10)7-3-2-4-8(9)5-7;1-2/h4-6,8-9H,2-3,7H2,1H3;2-5H,1H3;1-2H3. The molecule has 0 amide bonds. The first-order valence-corrected chi connectivity index (χ1v) is 8.04. The summed E-state index contributed by atoms with van der Waals surface area (Å²) in [7, 11) is 0. The van der Waals surface area contributed by atoms with Crippen LogP contribution in [0.4, 0.5) is 4.39 Å². The average Bonchev–Trinajstić information content (AvgIpc) is 2.58. The first kappa shape index (κ1) is 20.8. The van der Waals surface area contributed by atoms with E-state index in [1.165, 1.54) is 42.7 Å². The molecule has 0 saturated heterocycles. The molecular weight excluding hydrogens is 287 g/mol. The van der Waals surface area contributed by atoms with E-state index in [1.54, 1.807) is 6.07 Å². The van der Waals surface area contributed by atoms with Crippen molar-refractivity contribution < 1.29 is 9.18 Å². The van der Waals surface area contributed by atoms with Crippen LogP contribution in [-0.4, -0.2) is 5.78 Å². The van der Waals surface area contributed by atoms with Crippen LogP contribution in [0.5, 0.6) is 0 Å². The third-order valence-corrected chi connectivity index (χ3v) is 2.96. The Morgan fingerprint density at radius 1 is 1.00 bits per heavy atom. The van der Waals surface area contributed by atoms with Crippen molar-refractivity contribution in [3.05, 3.63) is 78.1 Å². The number of ketones is 1. The number of rotatable bonds is 4. The summed E-state index contributed by atoms with van der Waals surface area (Å²) in [6.07, 6.45) is 2.28. The minimum Gasteiger partial charge on any atom is -0.295 e. The summed E-state index contributed by atoms with van der Waals surface area (Å²) < 4.78 is 12.4. The van der Waals surface area contributed by atoms with Gasteiger partial charge in [0.2, 0.25) is 0 Å². The molecule has 0 saturated carbocycles. The van der Waals surface area contributed by atoms with Gasteiger partial charge in [-0.15, -0.1) is 0 Å². The van der Waals surface area contributed by atoms with Crippen LogP contribution in [0.15, 0.2) is 61.2 Å². The second-order valence-corrected chi connectivity index (χ2v) is 4.79. The van der Waals surface area contributed by atoms with Crippen LogP contribution in [0.25, 0.3) is 5.57 Å². The molecule has 0 unspecified atom stereocenters. The maximum absolute atomic E-state index is 12.4. The highest BCUT2D eigenvalue weighted by atomic mass is 19.1. The molecule has 0 bridgehead atoms. The number of halogens is 1. The van der Waals surface area contributed by atoms with E-state index < -0.39 is 0 Å². The normalized spacial score (nSPS) is 8.91. The van der Waals surface area contributed by atoms with E-state index in [9.17, 15) is 9.18 Å². The number of hydrogen-bond donors (Lipinski definition) is 0. The molecule has 0 heterocycles. The van der Waals surface area contributed by atoms with Gasteiger partial charge in [-0.2, -0.15) is 0 Å². The summed E-state index contributed by atoms with van der Waals surface area (Å²) in [4.78, 5) is 10.6. The van der Waals surface area contributed by atoms with Gasteiger partial charge in [0.15, 0.2) is 5.78 Å². The Bertz CT molecular complexity index is 588. The average molecular weight is 314 g/mol. The van der Waals surface area contributed by atoms with E-state index >= 15 is 0 Å². The number of Topliss-reactive ketones (excluding diaryl/α,β-unsaturated/α-hetero) is 1. The van der Waals surface area contributed by atoms with Crippen molar-refractivity contribution >= 4 is 11.4 Å². The zero-order valence-electron chi connectivity index (χ0n) is 14.6. The fourth-order valence-electron chi connectivity index (χ4n) is 1.83. The number of allylic oxidation sites excluding steroid dienone is 1. The zero-order valence-corrected chi connectivity index (χ0v) is 14.6. The Kier molecular flexibility index (Phi) is 11.1. The Labute approximate surface area is 139 Å². The summed E-state index contributed by atoms with van der Waals surface area (Å²) in [5.74, 6) is -0.479. The van der Waals surface area contributed by atoms with Crippen molar-refractivity contribution in [2.24, 2.45) is 0 Å². The first-order valence-electron chi connectivity index (χ1n) is 8.04. The lowest BCUT2D eigenvalue weighted by Gasteiger charge is -2.02. The molecule has 0 aliphatic rings. The summed E-state index contributed by atoms with van der Waals surface area (Å²) in [6, 6.07) is 16.0. The van der Waals surface area contributed by atoms with Gasteiger partial charge in [-0.25, -0.2) is 4.39 Å². The van der Waals surface area contributed by atoms with Gasteiger partial charge in [0.05, 0.1) is 0 Å². The Hall–Kier alpha value is -2.22. The van der Waals surface area contributed by atoms with Gasteiger partial charge in [0.1, 0.15) is 5.82 Å². The third kappa shape index (κ3) is 8.72. The highest BCUT2D eigenvalue weighted by molar-refractivity contribution is 5.93. The van der Waals surface area contributed by atoms with Gasteiger partial charge in [-0.05, 0) is 36.6 Å². The predicted molar refractivity (Wildman–Crippen MR) is 98.1 cm³/mol. The van der Waals surface area contributed by atoms with Crippen LogP contribution in [0, 0.1) is 5.82 Å². The van der Waals surface area contributed by atoms with Crippen LogP contribution in [-0.2, 0) is 0 Å². The number of benzene rings is 2. The lowest BCUT2D eigenvalue weighted by atomic mass is 10.0. The van der Waals surface area contributed by atoms with Crippen LogP contribution in [0.2, 0.25) is 0 Å². The fraction of sp³-hybridized carbons (Fsp3) is 0.286. The molecule has 0 aromatic heterocycles. The summed E-state index contributed by atoms with van der Waals surface area (Å²) in [6.45, 7) is 11.6. The lowest BCUT2D eigenvalue weighted by Crippen LogP contribution is -1.91. The second-order valence-electron chi connectivity index (χ2n) is 4.79. The van der Waals surface area contributed by atoms with Gasteiger partial charge in [-0.3, -0.25) is 4.79 Å². The molecule has 2 aromatic carbocycles. The van der Waals surface area contributed by atoms with Crippen LogP contribution < -0.4 is 0 Å². The van der Waals surface area contributed by atoms with E-state index in [-0.39, 0.29) is 11.6 Å². The predicted octanol–water partition coefficient (Wildman–Crippen LogP) is 6.55. The second kappa shape index (κ2) is 12.3. The molecule has 1 nitrogen and oxygen atoms in total. The van der Waals surface area contributed by atoms with Crippen molar-refractivity contribution in [3.63, 3.8) is 0 Å². The Morgan fingerprint density at radius 2 is 1.57 bits per heavy atom. The van der Waals surface area contributed by atoms with Gasteiger partial charge < -0.3 is 0 Å². The van der Waals surface area contributed by atoms with Gasteiger partial charge >= 0.3 is 0 Å². The van der Waals surface area contributed by atoms with E-state index in [0.29, 0.717) is 5.56 Å². The molecule has 0 aliphatic heterocycles. The summed E-state index contributed by atoms with van der Waals surface area (Å²) in [5, 5.41) is 0. The first-order chi connectivity index (χ1) is 11.0. The fourth-order valence-corrected chi connectivity index (χ4v) is 1.83. The zero-order chi connectivity index (χ0) is 17.7. The summed E-state index contributed by atoms with van der Waals surface area (Å²) in [5.41, 5.74) is 2.93. The molecule has 0 aliphatic carbocycles. The molecule has 0 atom stereocenters. The number of carbonyl (C=O) groups is 1. The monoisotopic (exact) mass is 314 g/mol. The smallest absolute Gasteiger partial charge is 0.159 e. The maximum Gasteiger partial charge on any atom is 0.159 e. The molecule has 0 spiro atoms. The van der Waals surface area contributed by atoms with E-state index in [2.05, 4.69) is 37.8 Å². The molecule has 23 heavy (non-hydrogen) atoms. The van der Waals surface area contributed by atoms with Crippen LogP contribution in [0.3, 0.4) is 0 Å². The molecule has 0 N–H and O–H groups in total. The quantitative estimate of drug-likeness (QED) is 0.584. The van der Waals surface area contributed by atoms with Crippen molar-refractivity contribution in [3.8, 4) is 0 Å². The molecule has 0 radical (unpaired) electrons. The van der Waals surface area contributed by atoms with Crippen molar-refractivity contribution in [1.29, 1.82) is 0 Å². The molecule has 2 heteroatoms. The van der Waals surface area contributed by atoms with Crippen molar-refractivity contribution in [2.75, 3.05) is 0 Å². The van der Waals surface area contributed by atoms with E-state index in [4.69, 9.17) is 0 Å². The topological polar surface area (TPSA) is 17.1 Å². The molecule has 124 valence electrons. The van der Waals surface area contributed by atoms with Crippen molar-refractivity contribution in [2.45, 2.75) is 40.5 Å². The molecule has 2 aromatic rings. The molecule has 2 rings (SSSR count). The maximum atomic E-state index is 12.4. The lowest BCUT2D eigenvalue weighted by molar-refractivity contribution is 0.101. The molecular formula is C21H27FO. The Balaban J connectivity index is 0.000000381. The van der Waals surface area contributed by atoms with Crippen molar-refractivity contribution in [1.82, 2.24) is 0 Å². The van der Waals surface area contributed by atoms with Crippen LogP contribution in [0.1, 0.15) is 56.5 Å². The van der Waals surface area contributed by atoms with Gasteiger partial charge in [0, 0.05) is 5.56 Å². The van der Waals surface area contributed by atoms with Gasteiger partial charge in [-0.1, -0.05) is 76.2 Å². The van der Waals surface area contributed by atoms with E-state index in [1.807, 2.05) is 19.9 Å². The third-order valence-electron chi connectivity index (χ3n) is 2.96. The number of hydrogen-bond acceptors (Lipinski definition) is 1. The molecule has 0 fully saturated rings.